The number of fused-ring (bicyclic) bond motifs is 1. The molecule has 0 saturated carbocycles. The number of nitrogens with zero attached hydrogens (tertiary/aromatic N) is 1. The van der Waals surface area contributed by atoms with Gasteiger partial charge >= 0.3 is 6.18 Å². The van der Waals surface area contributed by atoms with Crippen molar-refractivity contribution >= 4 is 21.6 Å². The van der Waals surface area contributed by atoms with E-state index in [4.69, 9.17) is 4.74 Å². The van der Waals surface area contributed by atoms with Gasteiger partial charge in [0.25, 0.3) is 0 Å². The fourth-order valence-electron chi connectivity index (χ4n) is 4.64. The number of halogens is 4. The molecule has 3 aromatic rings. The lowest BCUT2D eigenvalue weighted by Crippen LogP contribution is -2.60. The summed E-state index contributed by atoms with van der Waals surface area (Å²) >= 11 is 3.36. The number of anilines is 1. The van der Waals surface area contributed by atoms with E-state index in [1.54, 1.807) is 42.5 Å². The van der Waals surface area contributed by atoms with Crippen molar-refractivity contribution in [3.63, 3.8) is 0 Å². The molecule has 32 heavy (non-hydrogen) atoms. The number of ether oxygens (including phenoxy) is 1. The molecule has 0 aromatic heterocycles. The van der Waals surface area contributed by atoms with Gasteiger partial charge in [0.05, 0.1) is 7.11 Å². The number of hydrogen-bond acceptors (Lipinski definition) is 2. The molecule has 0 saturated heterocycles. The average molecular weight is 504 g/mol. The van der Waals surface area contributed by atoms with Crippen LogP contribution < -0.4 is 9.64 Å². The molecule has 1 aliphatic rings. The van der Waals surface area contributed by atoms with Crippen LogP contribution in [0.15, 0.2) is 71.2 Å². The first-order chi connectivity index (χ1) is 15.2. The summed E-state index contributed by atoms with van der Waals surface area (Å²) in [6, 6.07) is 18.8. The molecular weight excluding hydrogens is 479 g/mol. The number of hydrogen-bond donors (Lipinski definition) is 0. The Bertz CT molecular complexity index is 1090. The molecule has 0 spiro atoms. The summed E-state index contributed by atoms with van der Waals surface area (Å²) in [7, 11) is 1.53. The minimum atomic E-state index is -4.57. The van der Waals surface area contributed by atoms with Crippen LogP contribution in [-0.2, 0) is 12.0 Å². The van der Waals surface area contributed by atoms with E-state index in [-0.39, 0.29) is 17.7 Å². The van der Waals surface area contributed by atoms with Gasteiger partial charge < -0.3 is 9.64 Å². The third-order valence-electron chi connectivity index (χ3n) is 6.26. The second kappa shape index (κ2) is 8.47. The second-order valence-corrected chi connectivity index (χ2v) is 9.30. The summed E-state index contributed by atoms with van der Waals surface area (Å²) in [6.45, 7) is 4.37. The van der Waals surface area contributed by atoms with Crippen molar-refractivity contribution in [3.05, 3.63) is 93.5 Å². The topological polar surface area (TPSA) is 12.5 Å². The number of benzene rings is 3. The Balaban J connectivity index is 2.01. The molecule has 4 rings (SSSR count). The van der Waals surface area contributed by atoms with Crippen molar-refractivity contribution in [3.8, 4) is 5.75 Å². The predicted octanol–water partition coefficient (Wildman–Crippen LogP) is 7.45. The summed E-state index contributed by atoms with van der Waals surface area (Å²) in [6.07, 6.45) is -4.08. The highest BCUT2D eigenvalue weighted by molar-refractivity contribution is 9.10. The van der Waals surface area contributed by atoms with Crippen LogP contribution in [-0.4, -0.2) is 19.8 Å². The highest BCUT2D eigenvalue weighted by Gasteiger charge is 2.63. The number of methoxy groups -OCH3 is 1. The molecule has 0 N–H and O–H groups in total. The largest absolute Gasteiger partial charge is 0.497 e. The fourth-order valence-corrected chi connectivity index (χ4v) is 4.90. The van der Waals surface area contributed by atoms with Gasteiger partial charge in [0.2, 0.25) is 0 Å². The van der Waals surface area contributed by atoms with Gasteiger partial charge in [0, 0.05) is 16.7 Å². The Morgan fingerprint density at radius 3 is 2.19 bits per heavy atom. The Labute approximate surface area is 195 Å². The van der Waals surface area contributed by atoms with E-state index >= 15 is 13.2 Å². The van der Waals surface area contributed by atoms with Gasteiger partial charge in [-0.1, -0.05) is 60.1 Å². The van der Waals surface area contributed by atoms with Gasteiger partial charge in [-0.05, 0) is 71.0 Å². The van der Waals surface area contributed by atoms with Crippen LogP contribution in [0.4, 0.5) is 18.9 Å². The van der Waals surface area contributed by atoms with Crippen LogP contribution in [0.1, 0.15) is 42.0 Å². The van der Waals surface area contributed by atoms with Crippen LogP contribution in [0.5, 0.6) is 5.75 Å². The first-order valence-corrected chi connectivity index (χ1v) is 11.4. The predicted molar refractivity (Wildman–Crippen MR) is 126 cm³/mol. The molecule has 0 aliphatic carbocycles. The van der Waals surface area contributed by atoms with E-state index in [1.807, 2.05) is 24.3 Å². The summed E-state index contributed by atoms with van der Waals surface area (Å²) in [5.41, 5.74) is 0.417. The van der Waals surface area contributed by atoms with Crippen LogP contribution in [0.25, 0.3) is 0 Å². The highest BCUT2D eigenvalue weighted by atomic mass is 79.9. The van der Waals surface area contributed by atoms with E-state index < -0.39 is 11.7 Å². The minimum Gasteiger partial charge on any atom is -0.497 e. The molecule has 0 bridgehead atoms. The van der Waals surface area contributed by atoms with Crippen molar-refractivity contribution in [2.24, 2.45) is 0 Å². The van der Waals surface area contributed by atoms with Crippen LogP contribution in [0.2, 0.25) is 0 Å². The van der Waals surface area contributed by atoms with Crippen molar-refractivity contribution in [2.75, 3.05) is 18.6 Å². The molecule has 1 atom stereocenters. The average Bonchev–Trinajstić information content (AvgIpc) is 2.77. The highest BCUT2D eigenvalue weighted by Crippen LogP contribution is 2.53. The van der Waals surface area contributed by atoms with E-state index in [9.17, 15) is 0 Å². The molecule has 6 heteroatoms. The smallest absolute Gasteiger partial charge is 0.420 e. The van der Waals surface area contributed by atoms with Crippen molar-refractivity contribution in [1.29, 1.82) is 0 Å². The monoisotopic (exact) mass is 503 g/mol. The van der Waals surface area contributed by atoms with E-state index in [2.05, 4.69) is 29.8 Å². The lowest BCUT2D eigenvalue weighted by atomic mass is 9.74. The first-order valence-electron chi connectivity index (χ1n) is 10.6. The van der Waals surface area contributed by atoms with Gasteiger partial charge in [0.1, 0.15) is 5.75 Å². The Morgan fingerprint density at radius 2 is 1.62 bits per heavy atom. The third-order valence-corrected chi connectivity index (χ3v) is 6.78. The first kappa shape index (κ1) is 22.7. The zero-order chi connectivity index (χ0) is 23.1. The maximum atomic E-state index is 15.3. The molecule has 0 fully saturated rings. The molecular formula is C26H25BrF3NO. The normalized spacial score (nSPS) is 18.6. The summed E-state index contributed by atoms with van der Waals surface area (Å²) < 4.78 is 51.9. The quantitative estimate of drug-likeness (QED) is 0.366. The van der Waals surface area contributed by atoms with Gasteiger partial charge in [-0.3, -0.25) is 0 Å². The molecule has 168 valence electrons. The number of alkyl halides is 3. The molecule has 0 amide bonds. The molecule has 1 unspecified atom stereocenters. The lowest BCUT2D eigenvalue weighted by Gasteiger charge is -2.50. The second-order valence-electron chi connectivity index (χ2n) is 8.39. The van der Waals surface area contributed by atoms with Crippen molar-refractivity contribution < 1.29 is 17.9 Å². The van der Waals surface area contributed by atoms with Gasteiger partial charge in [-0.15, -0.1) is 0 Å². The third kappa shape index (κ3) is 3.68. The zero-order valence-corrected chi connectivity index (χ0v) is 19.8. The van der Waals surface area contributed by atoms with E-state index in [0.717, 1.165) is 10.0 Å². The van der Waals surface area contributed by atoms with Gasteiger partial charge in [0.15, 0.2) is 5.54 Å². The van der Waals surface area contributed by atoms with Crippen LogP contribution in [0, 0.1) is 0 Å². The maximum Gasteiger partial charge on any atom is 0.420 e. The summed E-state index contributed by atoms with van der Waals surface area (Å²) in [4.78, 5) is 1.51. The summed E-state index contributed by atoms with van der Waals surface area (Å²) in [5.74, 6) is 0.864. The van der Waals surface area contributed by atoms with Crippen molar-refractivity contribution in [2.45, 2.75) is 37.9 Å². The SMILES string of the molecule is COc1ccc2c(c1)CCN(c1ccc(C(C)C)cc1)C2(c1ccc(Br)cc1)C(F)(F)F. The lowest BCUT2D eigenvalue weighted by molar-refractivity contribution is -0.179. The molecule has 3 aromatic carbocycles. The standard InChI is InChI=1S/C26H25BrF3NO/c1-17(2)18-4-10-22(11-5-18)31-15-14-19-16-23(32-3)12-13-24(19)25(31,26(28,29)30)20-6-8-21(27)9-7-20/h4-13,16-17H,14-15H2,1-3H3. The Hall–Kier alpha value is -2.47. The van der Waals surface area contributed by atoms with E-state index in [1.165, 1.54) is 12.0 Å². The molecule has 0 radical (unpaired) electrons. The minimum absolute atomic E-state index is 0.187. The van der Waals surface area contributed by atoms with Crippen molar-refractivity contribution in [1.82, 2.24) is 0 Å². The van der Waals surface area contributed by atoms with Crippen LogP contribution in [0.3, 0.4) is 0 Å². The van der Waals surface area contributed by atoms with Crippen LogP contribution >= 0.6 is 15.9 Å². The fraction of sp³-hybridized carbons (Fsp3) is 0.308. The van der Waals surface area contributed by atoms with Gasteiger partial charge in [-0.25, -0.2) is 0 Å². The Morgan fingerprint density at radius 1 is 0.969 bits per heavy atom. The summed E-state index contributed by atoms with van der Waals surface area (Å²) in [5, 5.41) is 0. The molecule has 1 heterocycles. The zero-order valence-electron chi connectivity index (χ0n) is 18.2. The molecule has 1 aliphatic heterocycles. The molecule has 2 nitrogen and oxygen atoms in total. The van der Waals surface area contributed by atoms with E-state index in [0.29, 0.717) is 29.3 Å². The number of rotatable bonds is 4. The Kier molecular flexibility index (Phi) is 6.01. The maximum absolute atomic E-state index is 15.3. The van der Waals surface area contributed by atoms with Gasteiger partial charge in [-0.2, -0.15) is 13.2 Å².